The van der Waals surface area contributed by atoms with Crippen molar-refractivity contribution in [3.8, 4) is 0 Å². The molecule has 0 unspecified atom stereocenters. The molecule has 0 aromatic carbocycles. The number of hydrogen-bond acceptors (Lipinski definition) is 3. The van der Waals surface area contributed by atoms with E-state index >= 15 is 0 Å². The number of hydrogen-bond donors (Lipinski definition) is 0. The summed E-state index contributed by atoms with van der Waals surface area (Å²) in [7, 11) is 0. The van der Waals surface area contributed by atoms with Crippen LogP contribution in [0.4, 0.5) is 5.69 Å². The largest absolute Gasteiger partial charge is 0.261 e. The van der Waals surface area contributed by atoms with Gasteiger partial charge >= 0.3 is 0 Å². The second kappa shape index (κ2) is 3.94. The minimum atomic E-state index is 0.317. The number of nitrogens with zero attached hydrogens (tertiary/aromatic N) is 3. The van der Waals surface area contributed by atoms with Crippen LogP contribution in [0.1, 0.15) is 31.3 Å². The molecule has 1 aromatic heterocycles. The van der Waals surface area contributed by atoms with Crippen molar-refractivity contribution in [2.24, 2.45) is 4.99 Å². The zero-order valence-electron chi connectivity index (χ0n) is 7.99. The van der Waals surface area contributed by atoms with Gasteiger partial charge in [-0.1, -0.05) is 20.4 Å². The molecule has 0 aliphatic heterocycles. The molecular weight excluding hydrogens is 162 g/mol. The highest BCUT2D eigenvalue weighted by atomic mass is 14.9. The topological polar surface area (TPSA) is 38.1 Å². The molecule has 0 radical (unpaired) electrons. The Kier molecular flexibility index (Phi) is 2.90. The number of rotatable bonds is 3. The van der Waals surface area contributed by atoms with Crippen molar-refractivity contribution in [2.75, 3.05) is 0 Å². The van der Waals surface area contributed by atoms with Crippen molar-refractivity contribution in [1.82, 2.24) is 9.97 Å². The third-order valence-electron chi connectivity index (χ3n) is 1.70. The fourth-order valence-electron chi connectivity index (χ4n) is 0.953. The summed E-state index contributed by atoms with van der Waals surface area (Å²) in [5.41, 5.74) is 1.42. The lowest BCUT2D eigenvalue weighted by molar-refractivity contribution is 0.772. The van der Waals surface area contributed by atoms with Gasteiger partial charge in [0.15, 0.2) is 0 Å². The van der Waals surface area contributed by atoms with E-state index in [0.717, 1.165) is 11.5 Å². The van der Waals surface area contributed by atoms with Crippen LogP contribution in [0.25, 0.3) is 6.08 Å². The van der Waals surface area contributed by atoms with Crippen LogP contribution in [0.2, 0.25) is 0 Å². The van der Waals surface area contributed by atoms with Gasteiger partial charge in [0.2, 0.25) is 0 Å². The summed E-state index contributed by atoms with van der Waals surface area (Å²) in [5, 5.41) is 0. The molecule has 0 bridgehead atoms. The molecule has 0 atom stereocenters. The van der Waals surface area contributed by atoms with Crippen molar-refractivity contribution in [3.63, 3.8) is 0 Å². The second-order valence-corrected chi connectivity index (χ2v) is 3.02. The first-order valence-corrected chi connectivity index (χ1v) is 4.15. The molecule has 68 valence electrons. The van der Waals surface area contributed by atoms with Gasteiger partial charge in [-0.25, -0.2) is 9.97 Å². The van der Waals surface area contributed by atoms with Gasteiger partial charge in [0, 0.05) is 5.92 Å². The molecule has 0 aliphatic rings. The van der Waals surface area contributed by atoms with E-state index < -0.39 is 0 Å². The van der Waals surface area contributed by atoms with Crippen LogP contribution < -0.4 is 0 Å². The third-order valence-corrected chi connectivity index (χ3v) is 1.70. The lowest BCUT2D eigenvalue weighted by Gasteiger charge is -2.05. The maximum atomic E-state index is 4.30. The maximum Gasteiger partial charge on any atom is 0.131 e. The van der Waals surface area contributed by atoms with Gasteiger partial charge < -0.3 is 0 Å². The average Bonchev–Trinajstić information content (AvgIpc) is 2.16. The minimum absolute atomic E-state index is 0.317. The SMILES string of the molecule is C=Cc1nc(C(C)C)ncc1N=C. The fraction of sp³-hybridized carbons (Fsp3) is 0.300. The summed E-state index contributed by atoms with van der Waals surface area (Å²) in [4.78, 5) is 12.3. The smallest absolute Gasteiger partial charge is 0.131 e. The predicted molar refractivity (Wildman–Crippen MR) is 55.4 cm³/mol. The molecule has 13 heavy (non-hydrogen) atoms. The summed E-state index contributed by atoms with van der Waals surface area (Å²) < 4.78 is 0. The van der Waals surface area contributed by atoms with Crippen LogP contribution in [0, 0.1) is 0 Å². The average molecular weight is 175 g/mol. The Morgan fingerprint density at radius 1 is 1.54 bits per heavy atom. The summed E-state index contributed by atoms with van der Waals surface area (Å²) in [6.45, 7) is 11.2. The minimum Gasteiger partial charge on any atom is -0.261 e. The van der Waals surface area contributed by atoms with Gasteiger partial charge in [-0.05, 0) is 12.8 Å². The monoisotopic (exact) mass is 175 g/mol. The number of aliphatic imine (C=N–C) groups is 1. The molecular formula is C10H13N3. The molecule has 0 spiro atoms. The molecule has 0 amide bonds. The Morgan fingerprint density at radius 2 is 2.23 bits per heavy atom. The Bertz CT molecular complexity index is 329. The van der Waals surface area contributed by atoms with Crippen molar-refractivity contribution in [1.29, 1.82) is 0 Å². The van der Waals surface area contributed by atoms with Gasteiger partial charge in [0.1, 0.15) is 11.5 Å². The highest BCUT2D eigenvalue weighted by molar-refractivity contribution is 5.60. The van der Waals surface area contributed by atoms with Crippen molar-refractivity contribution < 1.29 is 0 Å². The van der Waals surface area contributed by atoms with E-state index in [9.17, 15) is 0 Å². The zero-order chi connectivity index (χ0) is 9.84. The van der Waals surface area contributed by atoms with E-state index in [-0.39, 0.29) is 0 Å². The first kappa shape index (κ1) is 9.58. The van der Waals surface area contributed by atoms with Crippen LogP contribution in [-0.2, 0) is 0 Å². The van der Waals surface area contributed by atoms with Crippen molar-refractivity contribution in [3.05, 3.63) is 24.3 Å². The highest BCUT2D eigenvalue weighted by Gasteiger charge is 2.05. The maximum absolute atomic E-state index is 4.30. The highest BCUT2D eigenvalue weighted by Crippen LogP contribution is 2.18. The Balaban J connectivity index is 3.20. The third kappa shape index (κ3) is 1.99. The van der Waals surface area contributed by atoms with Crippen molar-refractivity contribution in [2.45, 2.75) is 19.8 Å². The molecule has 0 saturated heterocycles. The van der Waals surface area contributed by atoms with Crippen LogP contribution in [0.15, 0.2) is 17.8 Å². The van der Waals surface area contributed by atoms with Crippen LogP contribution in [-0.4, -0.2) is 16.7 Å². The van der Waals surface area contributed by atoms with Crippen LogP contribution in [0.5, 0.6) is 0 Å². The van der Waals surface area contributed by atoms with E-state index in [4.69, 9.17) is 0 Å². The van der Waals surface area contributed by atoms with E-state index in [1.807, 2.05) is 13.8 Å². The molecule has 0 fully saturated rings. The van der Waals surface area contributed by atoms with E-state index in [2.05, 4.69) is 28.3 Å². The van der Waals surface area contributed by atoms with Gasteiger partial charge in [-0.2, -0.15) is 0 Å². The van der Waals surface area contributed by atoms with E-state index in [0.29, 0.717) is 11.6 Å². The van der Waals surface area contributed by atoms with Crippen molar-refractivity contribution >= 4 is 18.5 Å². The standard InChI is InChI=1S/C10H13N3/c1-5-8-9(11-4)6-12-10(13-8)7(2)3/h5-7H,1,4H2,2-3H3. The molecule has 1 heterocycles. The van der Waals surface area contributed by atoms with Gasteiger partial charge in [-0.3, -0.25) is 4.99 Å². The lowest BCUT2D eigenvalue weighted by atomic mass is 10.2. The molecule has 0 saturated carbocycles. The van der Waals surface area contributed by atoms with Gasteiger partial charge in [0.05, 0.1) is 11.9 Å². The van der Waals surface area contributed by atoms with E-state index in [1.54, 1.807) is 12.3 Å². The first-order valence-electron chi connectivity index (χ1n) is 4.15. The number of aromatic nitrogens is 2. The molecule has 1 aromatic rings. The quantitative estimate of drug-likeness (QED) is 0.662. The van der Waals surface area contributed by atoms with Gasteiger partial charge in [-0.15, -0.1) is 0 Å². The Morgan fingerprint density at radius 3 is 2.69 bits per heavy atom. The Labute approximate surface area is 78.3 Å². The van der Waals surface area contributed by atoms with Gasteiger partial charge in [0.25, 0.3) is 0 Å². The normalized spacial score (nSPS) is 10.1. The summed E-state index contributed by atoms with van der Waals surface area (Å²) in [5.74, 6) is 1.12. The van der Waals surface area contributed by atoms with E-state index in [1.165, 1.54) is 0 Å². The molecule has 3 nitrogen and oxygen atoms in total. The molecule has 3 heteroatoms. The lowest BCUT2D eigenvalue weighted by Crippen LogP contribution is -1.98. The Hall–Kier alpha value is -1.51. The zero-order valence-corrected chi connectivity index (χ0v) is 7.99. The van der Waals surface area contributed by atoms with Crippen LogP contribution in [0.3, 0.4) is 0 Å². The fourth-order valence-corrected chi connectivity index (χ4v) is 0.953. The van der Waals surface area contributed by atoms with Crippen LogP contribution >= 0.6 is 0 Å². The molecule has 0 aliphatic carbocycles. The summed E-state index contributed by atoms with van der Waals surface area (Å²) in [6.07, 6.45) is 3.34. The second-order valence-electron chi connectivity index (χ2n) is 3.02. The summed E-state index contributed by atoms with van der Waals surface area (Å²) >= 11 is 0. The molecule has 0 N–H and O–H groups in total. The first-order chi connectivity index (χ1) is 6.19. The predicted octanol–water partition coefficient (Wildman–Crippen LogP) is 2.58. The summed E-state index contributed by atoms with van der Waals surface area (Å²) in [6, 6.07) is 0. The molecule has 1 rings (SSSR count).